The summed E-state index contributed by atoms with van der Waals surface area (Å²) in [4.78, 5) is 28.9. The molecule has 26 heavy (non-hydrogen) atoms. The van der Waals surface area contributed by atoms with Crippen LogP contribution in [-0.4, -0.2) is 35.3 Å². The molecule has 0 atom stereocenters. The molecule has 1 N–H and O–H groups in total. The number of benzene rings is 2. The van der Waals surface area contributed by atoms with Gasteiger partial charge in [0.2, 0.25) is 0 Å². The van der Waals surface area contributed by atoms with Crippen LogP contribution in [0.25, 0.3) is 21.8 Å². The molecule has 1 amide bonds. The van der Waals surface area contributed by atoms with Crippen LogP contribution in [-0.2, 0) is 4.74 Å². The first-order valence-corrected chi connectivity index (χ1v) is 8.84. The highest BCUT2D eigenvalue weighted by Gasteiger charge is 2.23. The molecule has 3 aromatic rings. The van der Waals surface area contributed by atoms with E-state index in [1.165, 1.54) is 11.3 Å². The third kappa shape index (κ3) is 3.04. The van der Waals surface area contributed by atoms with Gasteiger partial charge in [-0.3, -0.25) is 4.90 Å². The van der Waals surface area contributed by atoms with Crippen molar-refractivity contribution in [2.24, 2.45) is 0 Å². The van der Waals surface area contributed by atoms with Crippen molar-refractivity contribution >= 4 is 29.1 Å². The number of hydrogen-bond donors (Lipinski definition) is 1. The predicted octanol–water partition coefficient (Wildman–Crippen LogP) is 4.13. The molecule has 130 valence electrons. The normalized spacial score (nSPS) is 13.7. The van der Waals surface area contributed by atoms with Crippen molar-refractivity contribution in [3.63, 3.8) is 0 Å². The second-order valence-electron chi connectivity index (χ2n) is 5.74. The Kier molecular flexibility index (Phi) is 4.14. The number of ether oxygens (including phenoxy) is 1. The fourth-order valence-corrected chi connectivity index (χ4v) is 3.59. The molecule has 2 heterocycles. The Morgan fingerprint density at radius 2 is 1.96 bits per heavy atom. The van der Waals surface area contributed by atoms with E-state index in [1.807, 2.05) is 35.7 Å². The van der Waals surface area contributed by atoms with Gasteiger partial charge in [-0.1, -0.05) is 24.3 Å². The van der Waals surface area contributed by atoms with Crippen molar-refractivity contribution in [2.75, 3.05) is 18.1 Å². The van der Waals surface area contributed by atoms with E-state index >= 15 is 0 Å². The number of aromatic carboxylic acids is 1. The minimum absolute atomic E-state index is 0.237. The first-order valence-electron chi connectivity index (χ1n) is 7.96. The highest BCUT2D eigenvalue weighted by atomic mass is 32.1. The Balaban J connectivity index is 1.59. The number of thiazole rings is 1. The number of aromatic nitrogens is 1. The number of cyclic esters (lactones) is 1. The van der Waals surface area contributed by atoms with Gasteiger partial charge in [0.1, 0.15) is 11.6 Å². The molecular weight excluding hydrogens is 352 g/mol. The highest BCUT2D eigenvalue weighted by Crippen LogP contribution is 2.30. The lowest BCUT2D eigenvalue weighted by molar-refractivity contribution is 0.0697. The van der Waals surface area contributed by atoms with E-state index in [9.17, 15) is 9.59 Å². The van der Waals surface area contributed by atoms with Crippen LogP contribution >= 0.6 is 11.3 Å². The van der Waals surface area contributed by atoms with Crippen LogP contribution in [0.3, 0.4) is 0 Å². The molecule has 0 saturated carbocycles. The van der Waals surface area contributed by atoms with Crippen LogP contribution in [0.4, 0.5) is 10.5 Å². The molecule has 1 saturated heterocycles. The summed E-state index contributed by atoms with van der Waals surface area (Å²) in [6.45, 7) is 0.963. The van der Waals surface area contributed by atoms with Crippen LogP contribution in [0, 0.1) is 0 Å². The number of anilines is 1. The second-order valence-corrected chi connectivity index (χ2v) is 6.59. The summed E-state index contributed by atoms with van der Waals surface area (Å²) in [5, 5.41) is 11.8. The lowest BCUT2D eigenvalue weighted by Gasteiger charge is -2.12. The summed E-state index contributed by atoms with van der Waals surface area (Å²) >= 11 is 1.46. The minimum atomic E-state index is -0.959. The number of rotatable bonds is 4. The van der Waals surface area contributed by atoms with Gasteiger partial charge in [-0.25, -0.2) is 14.6 Å². The van der Waals surface area contributed by atoms with Crippen molar-refractivity contribution in [2.45, 2.75) is 0 Å². The Morgan fingerprint density at radius 1 is 1.15 bits per heavy atom. The predicted molar refractivity (Wildman–Crippen MR) is 98.6 cm³/mol. The number of amides is 1. The zero-order valence-corrected chi connectivity index (χ0v) is 14.4. The van der Waals surface area contributed by atoms with E-state index in [1.54, 1.807) is 23.1 Å². The van der Waals surface area contributed by atoms with Gasteiger partial charge >= 0.3 is 12.1 Å². The SMILES string of the molecule is O=C(O)c1cccc(-c2nc(-c3ccc(N4CCOC4=O)cc3)cs2)c1. The van der Waals surface area contributed by atoms with E-state index in [0.717, 1.165) is 27.5 Å². The molecule has 1 aromatic heterocycles. The number of hydrogen-bond acceptors (Lipinski definition) is 5. The lowest BCUT2D eigenvalue weighted by Crippen LogP contribution is -2.23. The van der Waals surface area contributed by atoms with E-state index in [0.29, 0.717) is 13.2 Å². The van der Waals surface area contributed by atoms with Crippen LogP contribution < -0.4 is 4.90 Å². The summed E-state index contributed by atoms with van der Waals surface area (Å²) in [7, 11) is 0. The van der Waals surface area contributed by atoms with Crippen LogP contribution in [0.15, 0.2) is 53.9 Å². The quantitative estimate of drug-likeness (QED) is 0.751. The van der Waals surface area contributed by atoms with Crippen molar-refractivity contribution in [1.29, 1.82) is 0 Å². The molecule has 1 fully saturated rings. The fraction of sp³-hybridized carbons (Fsp3) is 0.105. The van der Waals surface area contributed by atoms with E-state index in [-0.39, 0.29) is 11.7 Å². The average molecular weight is 366 g/mol. The number of carbonyl (C=O) groups excluding carboxylic acids is 1. The van der Waals surface area contributed by atoms with E-state index in [2.05, 4.69) is 4.98 Å². The third-order valence-corrected chi connectivity index (χ3v) is 4.99. The monoisotopic (exact) mass is 366 g/mol. The summed E-state index contributed by atoms with van der Waals surface area (Å²) in [5.41, 5.74) is 3.54. The smallest absolute Gasteiger partial charge is 0.414 e. The summed E-state index contributed by atoms with van der Waals surface area (Å²) in [6.07, 6.45) is -0.327. The van der Waals surface area contributed by atoms with Crippen molar-refractivity contribution in [1.82, 2.24) is 4.98 Å². The number of carboxylic acids is 1. The molecule has 7 heteroatoms. The molecule has 0 aliphatic carbocycles. The zero-order chi connectivity index (χ0) is 18.1. The molecule has 0 bridgehead atoms. The van der Waals surface area contributed by atoms with Gasteiger partial charge < -0.3 is 9.84 Å². The van der Waals surface area contributed by atoms with Crippen molar-refractivity contribution < 1.29 is 19.4 Å². The summed E-state index contributed by atoms with van der Waals surface area (Å²) in [6, 6.07) is 14.3. The maximum Gasteiger partial charge on any atom is 0.414 e. The minimum Gasteiger partial charge on any atom is -0.478 e. The van der Waals surface area contributed by atoms with Crippen LogP contribution in [0.5, 0.6) is 0 Å². The van der Waals surface area contributed by atoms with Gasteiger partial charge in [0, 0.05) is 22.2 Å². The summed E-state index contributed by atoms with van der Waals surface area (Å²) in [5.74, 6) is -0.959. The molecule has 0 radical (unpaired) electrons. The van der Waals surface area contributed by atoms with E-state index in [4.69, 9.17) is 9.84 Å². The summed E-state index contributed by atoms with van der Waals surface area (Å²) < 4.78 is 4.95. The Hall–Kier alpha value is -3.19. The van der Waals surface area contributed by atoms with Gasteiger partial charge in [-0.15, -0.1) is 11.3 Å². The topological polar surface area (TPSA) is 79.7 Å². The second kappa shape index (κ2) is 6.61. The number of carbonyl (C=O) groups is 2. The van der Waals surface area contributed by atoms with Gasteiger partial charge in [0.25, 0.3) is 0 Å². The molecule has 1 aliphatic rings. The maximum atomic E-state index is 11.6. The largest absolute Gasteiger partial charge is 0.478 e. The van der Waals surface area contributed by atoms with E-state index < -0.39 is 5.97 Å². The Morgan fingerprint density at radius 3 is 2.65 bits per heavy atom. The van der Waals surface area contributed by atoms with Gasteiger partial charge in [-0.05, 0) is 24.3 Å². The zero-order valence-electron chi connectivity index (χ0n) is 13.6. The average Bonchev–Trinajstić information content (AvgIpc) is 3.31. The van der Waals surface area contributed by atoms with Crippen LogP contribution in [0.2, 0.25) is 0 Å². The molecule has 1 aliphatic heterocycles. The van der Waals surface area contributed by atoms with Crippen molar-refractivity contribution in [3.05, 3.63) is 59.5 Å². The number of carboxylic acid groups (broad SMARTS) is 1. The van der Waals surface area contributed by atoms with Crippen LogP contribution in [0.1, 0.15) is 10.4 Å². The molecule has 2 aromatic carbocycles. The van der Waals surface area contributed by atoms with Gasteiger partial charge in [0.05, 0.1) is 17.8 Å². The Labute approximate surface area is 153 Å². The van der Waals surface area contributed by atoms with Crippen molar-refractivity contribution in [3.8, 4) is 21.8 Å². The maximum absolute atomic E-state index is 11.6. The molecule has 0 spiro atoms. The first-order chi connectivity index (χ1) is 12.6. The fourth-order valence-electron chi connectivity index (χ4n) is 2.76. The highest BCUT2D eigenvalue weighted by molar-refractivity contribution is 7.13. The van der Waals surface area contributed by atoms with Gasteiger partial charge in [0.15, 0.2) is 0 Å². The standard InChI is InChI=1S/C19H14N2O4S/c22-18(23)14-3-1-2-13(10-14)17-20-16(11-26-17)12-4-6-15(7-5-12)21-8-9-25-19(21)24/h1-7,10-11H,8-9H2,(H,22,23). The molecule has 6 nitrogen and oxygen atoms in total. The Bertz CT molecular complexity index is 981. The molecule has 0 unspecified atom stereocenters. The lowest BCUT2D eigenvalue weighted by atomic mass is 10.1. The third-order valence-electron chi connectivity index (χ3n) is 4.10. The molecular formula is C19H14N2O4S. The van der Waals surface area contributed by atoms with Gasteiger partial charge in [-0.2, -0.15) is 0 Å². The number of nitrogens with zero attached hydrogens (tertiary/aromatic N) is 2. The first kappa shape index (κ1) is 16.3. The molecule has 4 rings (SSSR count).